The highest BCUT2D eigenvalue weighted by atomic mass is 32.2. The summed E-state index contributed by atoms with van der Waals surface area (Å²) < 4.78 is 28.3. The van der Waals surface area contributed by atoms with Crippen LogP contribution in [0.1, 0.15) is 25.0 Å². The van der Waals surface area contributed by atoms with E-state index in [2.05, 4.69) is 0 Å². The summed E-state index contributed by atoms with van der Waals surface area (Å²) in [6, 6.07) is 23.4. The van der Waals surface area contributed by atoms with Gasteiger partial charge in [-0.25, -0.2) is 8.42 Å². The fraction of sp³-hybridized carbons (Fsp3) is 0.240. The van der Waals surface area contributed by atoms with E-state index in [4.69, 9.17) is 0 Å². The number of carbonyl (C=O) groups is 1. The molecule has 4 rings (SSSR count). The molecule has 0 saturated carbocycles. The van der Waals surface area contributed by atoms with Crippen LogP contribution in [0.4, 0.5) is 11.4 Å². The molecule has 5 nitrogen and oxygen atoms in total. The van der Waals surface area contributed by atoms with Gasteiger partial charge in [-0.3, -0.25) is 9.10 Å². The van der Waals surface area contributed by atoms with Gasteiger partial charge in [-0.15, -0.1) is 0 Å². The number of fused-ring (bicyclic) bond motifs is 1. The van der Waals surface area contributed by atoms with Crippen LogP contribution in [0.25, 0.3) is 0 Å². The maximum Gasteiger partial charge on any atom is 0.264 e. The number of rotatable bonds is 6. The molecule has 0 bridgehead atoms. The molecule has 1 heterocycles. The van der Waals surface area contributed by atoms with Crippen molar-refractivity contribution in [3.05, 3.63) is 90.0 Å². The van der Waals surface area contributed by atoms with Crippen LogP contribution in [0.15, 0.2) is 83.8 Å². The standard InChI is InChI=1S/C25H26N2O3S/c1-3-20-13-15-22(16-14-20)26(31(29,30)23-10-5-4-6-11-23)18-25(28)27-19(2)17-21-9-7-8-12-24(21)27/h4-16,19H,3,17-18H2,1-2H3. The van der Waals surface area contributed by atoms with Crippen molar-refractivity contribution in [1.82, 2.24) is 0 Å². The van der Waals surface area contributed by atoms with Gasteiger partial charge in [0.2, 0.25) is 5.91 Å². The van der Waals surface area contributed by atoms with Crippen molar-refractivity contribution >= 4 is 27.3 Å². The Hall–Kier alpha value is -3.12. The molecule has 1 aliphatic rings. The lowest BCUT2D eigenvalue weighted by atomic mass is 10.1. The second-order valence-corrected chi connectivity index (χ2v) is 9.65. The lowest BCUT2D eigenvalue weighted by Crippen LogP contribution is -2.45. The van der Waals surface area contributed by atoms with Crippen LogP contribution in [-0.2, 0) is 27.7 Å². The van der Waals surface area contributed by atoms with Gasteiger partial charge in [-0.2, -0.15) is 0 Å². The van der Waals surface area contributed by atoms with Crippen molar-refractivity contribution < 1.29 is 13.2 Å². The number of sulfonamides is 1. The van der Waals surface area contributed by atoms with E-state index in [1.54, 1.807) is 47.4 Å². The zero-order chi connectivity index (χ0) is 22.0. The maximum absolute atomic E-state index is 13.5. The lowest BCUT2D eigenvalue weighted by molar-refractivity contribution is -0.117. The van der Waals surface area contributed by atoms with Crippen LogP contribution >= 0.6 is 0 Å². The molecule has 0 radical (unpaired) electrons. The van der Waals surface area contributed by atoms with Crippen molar-refractivity contribution in [2.24, 2.45) is 0 Å². The fourth-order valence-corrected chi connectivity index (χ4v) is 5.51. The monoisotopic (exact) mass is 434 g/mol. The van der Waals surface area contributed by atoms with E-state index in [1.165, 1.54) is 4.31 Å². The summed E-state index contributed by atoms with van der Waals surface area (Å²) in [7, 11) is -3.91. The Morgan fingerprint density at radius 3 is 2.29 bits per heavy atom. The normalized spacial score (nSPS) is 15.5. The summed E-state index contributed by atoms with van der Waals surface area (Å²) in [5.41, 5.74) is 3.55. The van der Waals surface area contributed by atoms with Gasteiger partial charge in [0.05, 0.1) is 10.6 Å². The third kappa shape index (κ3) is 4.08. The highest BCUT2D eigenvalue weighted by Gasteiger charge is 2.34. The van der Waals surface area contributed by atoms with Gasteiger partial charge in [0.15, 0.2) is 0 Å². The van der Waals surface area contributed by atoms with Gasteiger partial charge >= 0.3 is 0 Å². The van der Waals surface area contributed by atoms with E-state index in [0.29, 0.717) is 5.69 Å². The number of aryl methyl sites for hydroxylation is 1. The summed E-state index contributed by atoms with van der Waals surface area (Å²) >= 11 is 0. The minimum absolute atomic E-state index is 0.0198. The Balaban J connectivity index is 1.72. The molecule has 0 saturated heterocycles. The first-order valence-electron chi connectivity index (χ1n) is 10.5. The Kier molecular flexibility index (Phi) is 5.83. The van der Waals surface area contributed by atoms with Crippen molar-refractivity contribution in [3.8, 4) is 0 Å². The SMILES string of the molecule is CCc1ccc(N(CC(=O)N2c3ccccc3CC2C)S(=O)(=O)c2ccccc2)cc1. The second kappa shape index (κ2) is 8.55. The summed E-state index contributed by atoms with van der Waals surface area (Å²) in [5, 5.41) is 0. The molecule has 1 unspecified atom stereocenters. The largest absolute Gasteiger partial charge is 0.307 e. The maximum atomic E-state index is 13.5. The minimum atomic E-state index is -3.91. The van der Waals surface area contributed by atoms with Crippen molar-refractivity contribution in [1.29, 1.82) is 0 Å². The van der Waals surface area contributed by atoms with E-state index >= 15 is 0 Å². The average molecular weight is 435 g/mol. The minimum Gasteiger partial charge on any atom is -0.307 e. The van der Waals surface area contributed by atoms with E-state index in [9.17, 15) is 13.2 Å². The van der Waals surface area contributed by atoms with Gasteiger partial charge in [0.1, 0.15) is 6.54 Å². The number of benzene rings is 3. The van der Waals surface area contributed by atoms with Crippen LogP contribution in [0.5, 0.6) is 0 Å². The molecule has 0 aromatic heterocycles. The number of hydrogen-bond donors (Lipinski definition) is 0. The van der Waals surface area contributed by atoms with Crippen LogP contribution in [0.2, 0.25) is 0 Å². The second-order valence-electron chi connectivity index (χ2n) is 7.79. The topological polar surface area (TPSA) is 57.7 Å². The molecule has 3 aromatic rings. The molecule has 0 aliphatic carbocycles. The van der Waals surface area contributed by atoms with E-state index in [0.717, 1.165) is 29.7 Å². The van der Waals surface area contributed by atoms with Gasteiger partial charge in [0.25, 0.3) is 10.0 Å². The van der Waals surface area contributed by atoms with Crippen LogP contribution < -0.4 is 9.21 Å². The molecular weight excluding hydrogens is 408 g/mol. The molecule has 160 valence electrons. The Bertz CT molecular complexity index is 1170. The highest BCUT2D eigenvalue weighted by Crippen LogP contribution is 2.33. The molecule has 1 atom stereocenters. The number of hydrogen-bond acceptors (Lipinski definition) is 3. The van der Waals surface area contributed by atoms with Gasteiger partial charge in [-0.1, -0.05) is 55.5 Å². The number of nitrogens with zero attached hydrogens (tertiary/aromatic N) is 2. The fourth-order valence-electron chi connectivity index (χ4n) is 4.08. The molecule has 1 aliphatic heterocycles. The molecule has 6 heteroatoms. The first-order valence-corrected chi connectivity index (χ1v) is 11.9. The van der Waals surface area contributed by atoms with Crippen molar-refractivity contribution in [2.45, 2.75) is 37.6 Å². The van der Waals surface area contributed by atoms with E-state index in [1.807, 2.05) is 50.2 Å². The lowest BCUT2D eigenvalue weighted by Gasteiger charge is -2.29. The molecule has 0 N–H and O–H groups in total. The predicted molar refractivity (Wildman–Crippen MR) is 124 cm³/mol. The molecule has 3 aromatic carbocycles. The first-order chi connectivity index (χ1) is 14.9. The number of para-hydroxylation sites is 1. The van der Waals surface area contributed by atoms with Gasteiger partial charge in [-0.05, 0) is 61.2 Å². The number of amides is 1. The van der Waals surface area contributed by atoms with Crippen molar-refractivity contribution in [3.63, 3.8) is 0 Å². The van der Waals surface area contributed by atoms with Crippen LogP contribution in [0.3, 0.4) is 0 Å². The average Bonchev–Trinajstić information content (AvgIpc) is 3.13. The Morgan fingerprint density at radius 1 is 0.968 bits per heavy atom. The van der Waals surface area contributed by atoms with Crippen LogP contribution in [0, 0.1) is 0 Å². The molecule has 1 amide bonds. The van der Waals surface area contributed by atoms with Gasteiger partial charge < -0.3 is 4.90 Å². The zero-order valence-electron chi connectivity index (χ0n) is 17.7. The van der Waals surface area contributed by atoms with Crippen molar-refractivity contribution in [2.75, 3.05) is 15.7 Å². The number of anilines is 2. The van der Waals surface area contributed by atoms with E-state index < -0.39 is 10.0 Å². The molecule has 31 heavy (non-hydrogen) atoms. The summed E-state index contributed by atoms with van der Waals surface area (Å²) in [6.45, 7) is 3.77. The summed E-state index contributed by atoms with van der Waals surface area (Å²) in [5.74, 6) is -0.239. The van der Waals surface area contributed by atoms with Gasteiger partial charge in [0, 0.05) is 11.7 Å². The smallest absolute Gasteiger partial charge is 0.264 e. The summed E-state index contributed by atoms with van der Waals surface area (Å²) in [6.07, 6.45) is 1.62. The Labute approximate surface area is 184 Å². The molecular formula is C25H26N2O3S. The predicted octanol–water partition coefficient (Wildman–Crippen LogP) is 4.42. The Morgan fingerprint density at radius 2 is 1.61 bits per heavy atom. The highest BCUT2D eigenvalue weighted by molar-refractivity contribution is 7.92. The van der Waals surface area contributed by atoms with E-state index in [-0.39, 0.29) is 23.4 Å². The molecule has 0 fully saturated rings. The number of carbonyl (C=O) groups excluding carboxylic acids is 1. The quantitative estimate of drug-likeness (QED) is 0.577. The third-order valence-electron chi connectivity index (χ3n) is 5.72. The summed E-state index contributed by atoms with van der Waals surface area (Å²) in [4.78, 5) is 15.3. The first kappa shape index (κ1) is 21.1. The zero-order valence-corrected chi connectivity index (χ0v) is 18.5. The third-order valence-corrected chi connectivity index (χ3v) is 7.51. The van der Waals surface area contributed by atoms with Crippen LogP contribution in [-0.4, -0.2) is 26.9 Å². The molecule has 0 spiro atoms.